The van der Waals surface area contributed by atoms with Crippen LogP contribution >= 0.6 is 0 Å². The van der Waals surface area contributed by atoms with Crippen molar-refractivity contribution in [3.8, 4) is 17.2 Å². The zero-order valence-electron chi connectivity index (χ0n) is 10.8. The minimum Gasteiger partial charge on any atom is -0.497 e. The Hall–Kier alpha value is -2.49. The first-order valence-electron chi connectivity index (χ1n) is 5.73. The number of hydrogen-bond acceptors (Lipinski definition) is 4. The molecule has 98 valence electrons. The number of carbonyl (C=O) groups is 1. The highest BCUT2D eigenvalue weighted by atomic mass is 16.5. The van der Waals surface area contributed by atoms with Gasteiger partial charge in [0.2, 0.25) is 0 Å². The third-order valence-corrected chi connectivity index (χ3v) is 2.54. The zero-order valence-corrected chi connectivity index (χ0v) is 10.8. The first kappa shape index (κ1) is 13.0. The molecule has 0 radical (unpaired) electrons. The number of ether oxygens (including phenoxy) is 3. The Labute approximate surface area is 111 Å². The number of methoxy groups -OCH3 is 2. The molecule has 2 aromatic rings. The molecule has 0 aliphatic heterocycles. The lowest BCUT2D eigenvalue weighted by atomic mass is 10.2. The van der Waals surface area contributed by atoms with Gasteiger partial charge < -0.3 is 14.2 Å². The Balaban J connectivity index is 2.23. The third-order valence-electron chi connectivity index (χ3n) is 2.54. The predicted molar refractivity (Wildman–Crippen MR) is 70.9 cm³/mol. The molecule has 0 aliphatic rings. The second kappa shape index (κ2) is 5.91. The van der Waals surface area contributed by atoms with Crippen LogP contribution in [0, 0.1) is 0 Å². The summed E-state index contributed by atoms with van der Waals surface area (Å²) >= 11 is 0. The summed E-state index contributed by atoms with van der Waals surface area (Å²) in [6, 6.07) is 13.8. The van der Waals surface area contributed by atoms with Crippen molar-refractivity contribution in [3.05, 3.63) is 54.1 Å². The van der Waals surface area contributed by atoms with E-state index in [0.29, 0.717) is 22.8 Å². The molecular weight excluding hydrogens is 244 g/mol. The maximum atomic E-state index is 12.0. The molecule has 0 spiro atoms. The van der Waals surface area contributed by atoms with Gasteiger partial charge in [-0.1, -0.05) is 18.2 Å². The van der Waals surface area contributed by atoms with E-state index in [0.717, 1.165) is 0 Å². The van der Waals surface area contributed by atoms with Crippen LogP contribution in [0.1, 0.15) is 10.4 Å². The van der Waals surface area contributed by atoms with Gasteiger partial charge in [-0.2, -0.15) is 0 Å². The predicted octanol–water partition coefficient (Wildman–Crippen LogP) is 2.92. The highest BCUT2D eigenvalue weighted by Crippen LogP contribution is 2.23. The van der Waals surface area contributed by atoms with Crippen LogP contribution in [-0.4, -0.2) is 20.2 Å². The number of carbonyl (C=O) groups excluding carboxylic acids is 1. The van der Waals surface area contributed by atoms with Crippen LogP contribution in [0.5, 0.6) is 17.2 Å². The molecule has 0 saturated heterocycles. The fourth-order valence-corrected chi connectivity index (χ4v) is 1.58. The second-order valence-electron chi connectivity index (χ2n) is 3.80. The van der Waals surface area contributed by atoms with Crippen molar-refractivity contribution in [2.75, 3.05) is 14.2 Å². The molecule has 0 N–H and O–H groups in total. The van der Waals surface area contributed by atoms with Crippen molar-refractivity contribution < 1.29 is 19.0 Å². The van der Waals surface area contributed by atoms with Crippen molar-refractivity contribution in [1.82, 2.24) is 0 Å². The standard InChI is InChI=1S/C15H14O4/c1-17-13-8-11(9-14(10-13)18-2)15(16)19-12-6-4-3-5-7-12/h3-10H,1-2H3. The van der Waals surface area contributed by atoms with E-state index in [2.05, 4.69) is 0 Å². The van der Waals surface area contributed by atoms with Crippen LogP contribution < -0.4 is 14.2 Å². The number of hydrogen-bond donors (Lipinski definition) is 0. The molecule has 0 fully saturated rings. The van der Waals surface area contributed by atoms with E-state index in [4.69, 9.17) is 14.2 Å². The second-order valence-corrected chi connectivity index (χ2v) is 3.80. The molecule has 0 bridgehead atoms. The van der Waals surface area contributed by atoms with Gasteiger partial charge in [0, 0.05) is 6.07 Å². The largest absolute Gasteiger partial charge is 0.497 e. The van der Waals surface area contributed by atoms with E-state index >= 15 is 0 Å². The van der Waals surface area contributed by atoms with E-state index in [-0.39, 0.29) is 0 Å². The van der Waals surface area contributed by atoms with E-state index < -0.39 is 5.97 Å². The monoisotopic (exact) mass is 258 g/mol. The van der Waals surface area contributed by atoms with Gasteiger partial charge in [-0.3, -0.25) is 0 Å². The normalized spacial score (nSPS) is 9.79. The zero-order chi connectivity index (χ0) is 13.7. The Kier molecular flexibility index (Phi) is 4.03. The number of benzene rings is 2. The Morgan fingerprint density at radius 3 is 1.95 bits per heavy atom. The van der Waals surface area contributed by atoms with Crippen molar-refractivity contribution in [3.63, 3.8) is 0 Å². The lowest BCUT2D eigenvalue weighted by Gasteiger charge is -2.08. The summed E-state index contributed by atoms with van der Waals surface area (Å²) in [6.07, 6.45) is 0. The van der Waals surface area contributed by atoms with Crippen LogP contribution in [0.15, 0.2) is 48.5 Å². The Bertz CT molecular complexity index is 541. The van der Waals surface area contributed by atoms with Crippen molar-refractivity contribution in [2.45, 2.75) is 0 Å². The van der Waals surface area contributed by atoms with Crippen LogP contribution in [0.25, 0.3) is 0 Å². The van der Waals surface area contributed by atoms with Crippen molar-refractivity contribution in [1.29, 1.82) is 0 Å². The van der Waals surface area contributed by atoms with Gasteiger partial charge in [-0.25, -0.2) is 4.79 Å². The smallest absolute Gasteiger partial charge is 0.343 e. The summed E-state index contributed by atoms with van der Waals surface area (Å²) in [5, 5.41) is 0. The van der Waals surface area contributed by atoms with Gasteiger partial charge in [0.05, 0.1) is 19.8 Å². The third kappa shape index (κ3) is 3.25. The van der Waals surface area contributed by atoms with E-state index in [1.165, 1.54) is 14.2 Å². The fourth-order valence-electron chi connectivity index (χ4n) is 1.58. The minimum atomic E-state index is -0.455. The number of para-hydroxylation sites is 1. The highest BCUT2D eigenvalue weighted by Gasteiger charge is 2.12. The Morgan fingerprint density at radius 2 is 1.42 bits per heavy atom. The molecular formula is C15H14O4. The summed E-state index contributed by atoms with van der Waals surface area (Å²) in [6.45, 7) is 0. The van der Waals surface area contributed by atoms with Crippen LogP contribution in [0.4, 0.5) is 0 Å². The maximum Gasteiger partial charge on any atom is 0.343 e. The quantitative estimate of drug-likeness (QED) is 0.624. The molecule has 0 aromatic heterocycles. The van der Waals surface area contributed by atoms with Crippen molar-refractivity contribution >= 4 is 5.97 Å². The molecule has 4 nitrogen and oxygen atoms in total. The van der Waals surface area contributed by atoms with Gasteiger partial charge in [0.25, 0.3) is 0 Å². The van der Waals surface area contributed by atoms with Gasteiger partial charge in [0.1, 0.15) is 17.2 Å². The van der Waals surface area contributed by atoms with Gasteiger partial charge in [-0.15, -0.1) is 0 Å². The fraction of sp³-hybridized carbons (Fsp3) is 0.133. The van der Waals surface area contributed by atoms with Crippen molar-refractivity contribution in [2.24, 2.45) is 0 Å². The maximum absolute atomic E-state index is 12.0. The minimum absolute atomic E-state index is 0.375. The van der Waals surface area contributed by atoms with Gasteiger partial charge in [-0.05, 0) is 24.3 Å². The molecule has 0 saturated carbocycles. The van der Waals surface area contributed by atoms with Gasteiger partial charge in [0.15, 0.2) is 0 Å². The molecule has 0 unspecified atom stereocenters. The summed E-state index contributed by atoms with van der Waals surface area (Å²) < 4.78 is 15.5. The van der Waals surface area contributed by atoms with Gasteiger partial charge >= 0.3 is 5.97 Å². The first-order valence-corrected chi connectivity index (χ1v) is 5.73. The number of rotatable bonds is 4. The number of esters is 1. The molecule has 2 aromatic carbocycles. The molecule has 0 atom stereocenters. The van der Waals surface area contributed by atoms with E-state index in [9.17, 15) is 4.79 Å². The highest BCUT2D eigenvalue weighted by molar-refractivity contribution is 5.92. The summed E-state index contributed by atoms with van der Waals surface area (Å²) in [4.78, 5) is 12.0. The average molecular weight is 258 g/mol. The molecule has 2 rings (SSSR count). The van der Waals surface area contributed by atoms with Crippen LogP contribution in [-0.2, 0) is 0 Å². The lowest BCUT2D eigenvalue weighted by Crippen LogP contribution is -2.08. The lowest BCUT2D eigenvalue weighted by molar-refractivity contribution is 0.0734. The van der Waals surface area contributed by atoms with Crippen LogP contribution in [0.3, 0.4) is 0 Å². The topological polar surface area (TPSA) is 44.8 Å². The molecule has 0 aliphatic carbocycles. The summed E-state index contributed by atoms with van der Waals surface area (Å²) in [5.41, 5.74) is 0.375. The molecule has 4 heteroatoms. The molecule has 0 amide bonds. The average Bonchev–Trinajstić information content (AvgIpc) is 2.47. The SMILES string of the molecule is COc1cc(OC)cc(C(=O)Oc2ccccc2)c1. The molecule has 0 heterocycles. The summed E-state index contributed by atoms with van der Waals surface area (Å²) in [5.74, 6) is 1.12. The summed E-state index contributed by atoms with van der Waals surface area (Å²) in [7, 11) is 3.06. The van der Waals surface area contributed by atoms with E-state index in [1.807, 2.05) is 6.07 Å². The Morgan fingerprint density at radius 1 is 0.842 bits per heavy atom. The molecule has 19 heavy (non-hydrogen) atoms. The first-order chi connectivity index (χ1) is 9.22. The van der Waals surface area contributed by atoms with Crippen LogP contribution in [0.2, 0.25) is 0 Å². The van der Waals surface area contributed by atoms with E-state index in [1.54, 1.807) is 42.5 Å².